The molecule has 1 aromatic carbocycles. The lowest BCUT2D eigenvalue weighted by molar-refractivity contribution is 0.417. The van der Waals surface area contributed by atoms with Crippen LogP contribution in [0.4, 0.5) is 11.4 Å². The summed E-state index contributed by atoms with van der Waals surface area (Å²) >= 11 is 0. The molecule has 0 bridgehead atoms. The van der Waals surface area contributed by atoms with Crippen molar-refractivity contribution in [2.45, 2.75) is 32.7 Å². The van der Waals surface area contributed by atoms with Crippen LogP contribution in [0.5, 0.6) is 5.75 Å². The lowest BCUT2D eigenvalue weighted by atomic mass is 10.1. The Balaban J connectivity index is 2.77. The van der Waals surface area contributed by atoms with E-state index in [1.165, 1.54) is 0 Å². The van der Waals surface area contributed by atoms with Gasteiger partial charge >= 0.3 is 0 Å². The summed E-state index contributed by atoms with van der Waals surface area (Å²) in [5.74, 6) is 0.728. The third kappa shape index (κ3) is 3.05. The molecule has 84 valence electrons. The minimum atomic E-state index is 0.512. The summed E-state index contributed by atoms with van der Waals surface area (Å²) in [6.07, 6.45) is 2.23. The molecule has 0 amide bonds. The van der Waals surface area contributed by atoms with Crippen molar-refractivity contribution in [2.24, 2.45) is 0 Å². The van der Waals surface area contributed by atoms with Crippen molar-refractivity contribution in [3.63, 3.8) is 0 Å². The molecule has 0 aliphatic heterocycles. The summed E-state index contributed by atoms with van der Waals surface area (Å²) in [5, 5.41) is 3.44. The molecule has 1 aromatic rings. The minimum Gasteiger partial charge on any atom is -0.495 e. The third-order valence-corrected chi connectivity index (χ3v) is 2.59. The van der Waals surface area contributed by atoms with Gasteiger partial charge in [-0.05, 0) is 25.0 Å². The molecule has 0 aliphatic rings. The average molecular weight is 208 g/mol. The molecule has 0 saturated heterocycles. The van der Waals surface area contributed by atoms with Crippen LogP contribution in [0, 0.1) is 0 Å². The number of rotatable bonds is 5. The normalized spacial score (nSPS) is 10.4. The number of methoxy groups -OCH3 is 1. The van der Waals surface area contributed by atoms with Crippen molar-refractivity contribution >= 4 is 11.4 Å². The lowest BCUT2D eigenvalue weighted by Gasteiger charge is -2.17. The van der Waals surface area contributed by atoms with E-state index in [1.807, 2.05) is 18.2 Å². The van der Waals surface area contributed by atoms with Gasteiger partial charge in [-0.1, -0.05) is 13.8 Å². The predicted molar refractivity (Wildman–Crippen MR) is 65.4 cm³/mol. The second-order valence-corrected chi connectivity index (χ2v) is 3.61. The van der Waals surface area contributed by atoms with E-state index in [9.17, 15) is 0 Å². The Labute approximate surface area is 91.6 Å². The van der Waals surface area contributed by atoms with Crippen LogP contribution in [-0.4, -0.2) is 13.2 Å². The first-order chi connectivity index (χ1) is 7.21. The van der Waals surface area contributed by atoms with Crippen molar-refractivity contribution in [3.8, 4) is 5.75 Å². The van der Waals surface area contributed by atoms with E-state index in [2.05, 4.69) is 19.2 Å². The zero-order chi connectivity index (χ0) is 11.3. The van der Waals surface area contributed by atoms with E-state index in [0.29, 0.717) is 11.7 Å². The largest absolute Gasteiger partial charge is 0.495 e. The number of hydrogen-bond acceptors (Lipinski definition) is 3. The maximum atomic E-state index is 5.74. The smallest absolute Gasteiger partial charge is 0.143 e. The fraction of sp³-hybridized carbons (Fsp3) is 0.500. The molecule has 0 atom stereocenters. The fourth-order valence-corrected chi connectivity index (χ4v) is 1.53. The van der Waals surface area contributed by atoms with Crippen molar-refractivity contribution in [1.29, 1.82) is 0 Å². The van der Waals surface area contributed by atoms with Gasteiger partial charge in [0.2, 0.25) is 0 Å². The van der Waals surface area contributed by atoms with E-state index in [1.54, 1.807) is 7.11 Å². The molecule has 3 N–H and O–H groups in total. The van der Waals surface area contributed by atoms with Gasteiger partial charge in [0.25, 0.3) is 0 Å². The van der Waals surface area contributed by atoms with Gasteiger partial charge in [-0.2, -0.15) is 0 Å². The summed E-state index contributed by atoms with van der Waals surface area (Å²) in [7, 11) is 1.63. The molecular formula is C12H20N2O. The monoisotopic (exact) mass is 208 g/mol. The second-order valence-electron chi connectivity index (χ2n) is 3.61. The van der Waals surface area contributed by atoms with Gasteiger partial charge in [0.1, 0.15) is 5.75 Å². The van der Waals surface area contributed by atoms with Crippen LogP contribution in [0.2, 0.25) is 0 Å². The molecule has 0 heterocycles. The van der Waals surface area contributed by atoms with Crippen molar-refractivity contribution in [2.75, 3.05) is 18.2 Å². The highest BCUT2D eigenvalue weighted by Crippen LogP contribution is 2.25. The molecule has 0 aliphatic carbocycles. The van der Waals surface area contributed by atoms with Crippen LogP contribution in [-0.2, 0) is 0 Å². The topological polar surface area (TPSA) is 47.3 Å². The van der Waals surface area contributed by atoms with E-state index >= 15 is 0 Å². The third-order valence-electron chi connectivity index (χ3n) is 2.59. The number of nitrogen functional groups attached to an aromatic ring is 1. The fourth-order valence-electron chi connectivity index (χ4n) is 1.53. The summed E-state index contributed by atoms with van der Waals surface area (Å²) < 4.78 is 5.17. The van der Waals surface area contributed by atoms with Crippen LogP contribution in [0.15, 0.2) is 18.2 Å². The number of nitrogens with one attached hydrogen (secondary N) is 1. The minimum absolute atomic E-state index is 0.512. The quantitative estimate of drug-likeness (QED) is 0.731. The summed E-state index contributed by atoms with van der Waals surface area (Å²) in [6.45, 7) is 4.35. The maximum absolute atomic E-state index is 5.74. The first-order valence-corrected chi connectivity index (χ1v) is 5.41. The number of nitrogens with two attached hydrogens (primary N) is 1. The standard InChI is InChI=1S/C12H20N2O/c1-4-9(5-2)14-10-6-7-11(13)12(8-10)15-3/h6-9,14H,4-5,13H2,1-3H3. The van der Waals surface area contributed by atoms with Crippen molar-refractivity contribution < 1.29 is 4.74 Å². The summed E-state index contributed by atoms with van der Waals surface area (Å²) in [4.78, 5) is 0. The van der Waals surface area contributed by atoms with Gasteiger partial charge < -0.3 is 15.8 Å². The van der Waals surface area contributed by atoms with E-state index in [4.69, 9.17) is 10.5 Å². The van der Waals surface area contributed by atoms with Crippen LogP contribution in [0.25, 0.3) is 0 Å². The Kier molecular flexibility index (Phi) is 4.28. The molecule has 3 heteroatoms. The van der Waals surface area contributed by atoms with Crippen LogP contribution >= 0.6 is 0 Å². The number of benzene rings is 1. The highest BCUT2D eigenvalue weighted by Gasteiger charge is 2.05. The first kappa shape index (κ1) is 11.7. The molecule has 3 nitrogen and oxygen atoms in total. The molecular weight excluding hydrogens is 188 g/mol. The summed E-state index contributed by atoms with van der Waals surface area (Å²) in [6, 6.07) is 6.30. The Hall–Kier alpha value is -1.38. The van der Waals surface area contributed by atoms with E-state index in [-0.39, 0.29) is 0 Å². The van der Waals surface area contributed by atoms with Gasteiger partial charge in [0.15, 0.2) is 0 Å². The number of hydrogen-bond donors (Lipinski definition) is 2. The zero-order valence-electron chi connectivity index (χ0n) is 9.71. The Morgan fingerprint density at radius 3 is 2.53 bits per heavy atom. The Bertz CT molecular complexity index is 308. The van der Waals surface area contributed by atoms with E-state index in [0.717, 1.165) is 24.3 Å². The average Bonchev–Trinajstić information content (AvgIpc) is 2.28. The second kappa shape index (κ2) is 5.49. The Morgan fingerprint density at radius 1 is 1.33 bits per heavy atom. The van der Waals surface area contributed by atoms with Gasteiger partial charge in [0.05, 0.1) is 12.8 Å². The van der Waals surface area contributed by atoms with Crippen LogP contribution in [0.3, 0.4) is 0 Å². The van der Waals surface area contributed by atoms with Gasteiger partial charge in [-0.3, -0.25) is 0 Å². The first-order valence-electron chi connectivity index (χ1n) is 5.41. The van der Waals surface area contributed by atoms with E-state index < -0.39 is 0 Å². The molecule has 1 rings (SSSR count). The van der Waals surface area contributed by atoms with Crippen LogP contribution in [0.1, 0.15) is 26.7 Å². The van der Waals surface area contributed by atoms with Gasteiger partial charge in [-0.15, -0.1) is 0 Å². The molecule has 0 unspecified atom stereocenters. The molecule has 0 radical (unpaired) electrons. The van der Waals surface area contributed by atoms with Crippen molar-refractivity contribution in [3.05, 3.63) is 18.2 Å². The molecule has 0 fully saturated rings. The van der Waals surface area contributed by atoms with Crippen LogP contribution < -0.4 is 15.8 Å². The highest BCUT2D eigenvalue weighted by atomic mass is 16.5. The molecule has 0 aromatic heterocycles. The molecule has 15 heavy (non-hydrogen) atoms. The van der Waals surface area contributed by atoms with Gasteiger partial charge in [-0.25, -0.2) is 0 Å². The Morgan fingerprint density at radius 2 is 2.00 bits per heavy atom. The number of anilines is 2. The summed E-state index contributed by atoms with van der Waals surface area (Å²) in [5.41, 5.74) is 7.48. The van der Waals surface area contributed by atoms with Crippen molar-refractivity contribution in [1.82, 2.24) is 0 Å². The zero-order valence-corrected chi connectivity index (χ0v) is 9.71. The SMILES string of the molecule is CCC(CC)Nc1ccc(N)c(OC)c1. The molecule has 0 spiro atoms. The highest BCUT2D eigenvalue weighted by molar-refractivity contribution is 5.61. The maximum Gasteiger partial charge on any atom is 0.143 e. The predicted octanol–water partition coefficient (Wildman–Crippen LogP) is 2.88. The lowest BCUT2D eigenvalue weighted by Crippen LogP contribution is -2.16. The van der Waals surface area contributed by atoms with Gasteiger partial charge in [0, 0.05) is 17.8 Å². The number of ether oxygens (including phenoxy) is 1. The molecule has 0 saturated carbocycles.